The number of rotatable bonds is 3. The molecule has 0 radical (unpaired) electrons. The Morgan fingerprint density at radius 3 is 2.17 bits per heavy atom. The molecule has 0 atom stereocenters. The van der Waals surface area contributed by atoms with Gasteiger partial charge in [-0.1, -0.05) is 0 Å². The Hall–Kier alpha value is -2.38. The number of nitrogens with one attached hydrogen (secondary N) is 2. The lowest BCUT2D eigenvalue weighted by Gasteiger charge is -2.55. The van der Waals surface area contributed by atoms with Crippen LogP contribution in [0.2, 0.25) is 0 Å². The van der Waals surface area contributed by atoms with Crippen molar-refractivity contribution >= 4 is 17.7 Å². The van der Waals surface area contributed by atoms with Crippen molar-refractivity contribution in [1.29, 1.82) is 0 Å². The number of furan rings is 1. The third-order valence-corrected chi connectivity index (χ3v) is 5.81. The van der Waals surface area contributed by atoms with Gasteiger partial charge in [0.1, 0.15) is 4.92 Å². The van der Waals surface area contributed by atoms with E-state index in [0.717, 1.165) is 25.3 Å². The van der Waals surface area contributed by atoms with Crippen molar-refractivity contribution in [3.05, 3.63) is 28.0 Å². The molecular weight excluding hydrogens is 314 g/mol. The highest BCUT2D eigenvalue weighted by atomic mass is 16.6. The minimum Gasteiger partial charge on any atom is -0.395 e. The Balaban J connectivity index is 1.39. The fourth-order valence-electron chi connectivity index (χ4n) is 5.24. The van der Waals surface area contributed by atoms with Gasteiger partial charge in [-0.15, -0.1) is 0 Å². The van der Waals surface area contributed by atoms with Crippen LogP contribution in [0.25, 0.3) is 0 Å². The van der Waals surface area contributed by atoms with Crippen LogP contribution in [-0.2, 0) is 4.79 Å². The van der Waals surface area contributed by atoms with Crippen molar-refractivity contribution in [1.82, 2.24) is 10.9 Å². The van der Waals surface area contributed by atoms with Crippen LogP contribution in [0.5, 0.6) is 0 Å². The standard InChI is InChI=1S/C16H19N3O5/c20-14(12-1-2-13(24-12)19(22)23)17-18-15(21)16-6-9-3-10(7-16)5-11(4-9)8-16/h1-2,9-11H,3-8H2,(H,17,20)(H,18,21). The second kappa shape index (κ2) is 5.32. The first-order valence-corrected chi connectivity index (χ1v) is 8.30. The van der Waals surface area contributed by atoms with Crippen molar-refractivity contribution < 1.29 is 18.9 Å². The van der Waals surface area contributed by atoms with E-state index in [1.165, 1.54) is 25.3 Å². The van der Waals surface area contributed by atoms with E-state index in [2.05, 4.69) is 10.9 Å². The molecule has 4 aliphatic carbocycles. The summed E-state index contributed by atoms with van der Waals surface area (Å²) in [6, 6.07) is 2.32. The van der Waals surface area contributed by atoms with Gasteiger partial charge in [-0.2, -0.15) is 0 Å². The number of amides is 2. The molecule has 4 saturated carbocycles. The highest BCUT2D eigenvalue weighted by Crippen LogP contribution is 2.60. The molecular formula is C16H19N3O5. The van der Waals surface area contributed by atoms with E-state index in [-0.39, 0.29) is 17.1 Å². The topological polar surface area (TPSA) is 114 Å². The molecule has 0 aliphatic heterocycles. The van der Waals surface area contributed by atoms with E-state index < -0.39 is 16.7 Å². The molecule has 1 aromatic rings. The molecule has 4 aliphatic rings. The number of hydrazine groups is 1. The fraction of sp³-hybridized carbons (Fsp3) is 0.625. The van der Waals surface area contributed by atoms with E-state index in [1.54, 1.807) is 0 Å². The van der Waals surface area contributed by atoms with Crippen LogP contribution in [-0.4, -0.2) is 16.7 Å². The Kier molecular flexibility index (Phi) is 3.36. The van der Waals surface area contributed by atoms with Crippen LogP contribution in [0.4, 0.5) is 5.88 Å². The highest BCUT2D eigenvalue weighted by molar-refractivity contribution is 5.94. The molecule has 8 nitrogen and oxygen atoms in total. The van der Waals surface area contributed by atoms with Gasteiger partial charge in [-0.25, -0.2) is 0 Å². The van der Waals surface area contributed by atoms with Gasteiger partial charge in [0.05, 0.1) is 11.5 Å². The molecule has 5 rings (SSSR count). The van der Waals surface area contributed by atoms with E-state index >= 15 is 0 Å². The lowest BCUT2D eigenvalue weighted by atomic mass is 9.49. The Bertz CT molecular complexity index is 675. The first-order valence-electron chi connectivity index (χ1n) is 8.30. The summed E-state index contributed by atoms with van der Waals surface area (Å²) < 4.78 is 4.83. The van der Waals surface area contributed by atoms with E-state index in [9.17, 15) is 19.7 Å². The molecule has 0 aromatic carbocycles. The molecule has 1 aromatic heterocycles. The molecule has 0 spiro atoms. The maximum absolute atomic E-state index is 12.7. The third-order valence-electron chi connectivity index (χ3n) is 5.81. The number of hydrogen-bond donors (Lipinski definition) is 2. The summed E-state index contributed by atoms with van der Waals surface area (Å²) in [7, 11) is 0. The van der Waals surface area contributed by atoms with Crippen LogP contribution in [0, 0.1) is 33.3 Å². The zero-order valence-corrected chi connectivity index (χ0v) is 13.1. The van der Waals surface area contributed by atoms with E-state index in [1.807, 2.05) is 0 Å². The monoisotopic (exact) mass is 333 g/mol. The van der Waals surface area contributed by atoms with Gasteiger partial charge < -0.3 is 4.42 Å². The maximum Gasteiger partial charge on any atom is 0.433 e. The summed E-state index contributed by atoms with van der Waals surface area (Å²) in [5.74, 6) is 0.346. The zero-order valence-electron chi connectivity index (χ0n) is 13.1. The Morgan fingerprint density at radius 2 is 1.67 bits per heavy atom. The van der Waals surface area contributed by atoms with Gasteiger partial charge in [0.25, 0.3) is 0 Å². The Labute approximate surface area is 138 Å². The molecule has 1 heterocycles. The van der Waals surface area contributed by atoms with Crippen LogP contribution < -0.4 is 10.9 Å². The van der Waals surface area contributed by atoms with Gasteiger partial charge in [0, 0.05) is 0 Å². The van der Waals surface area contributed by atoms with Gasteiger partial charge in [0.15, 0.2) is 0 Å². The second-order valence-corrected chi connectivity index (χ2v) is 7.50. The number of carbonyl (C=O) groups excluding carboxylic acids is 2. The van der Waals surface area contributed by atoms with Crippen LogP contribution in [0.1, 0.15) is 49.1 Å². The first-order chi connectivity index (χ1) is 11.4. The molecule has 128 valence electrons. The quantitative estimate of drug-likeness (QED) is 0.650. The highest BCUT2D eigenvalue weighted by Gasteiger charge is 2.54. The molecule has 0 unspecified atom stereocenters. The molecule has 2 N–H and O–H groups in total. The average molecular weight is 333 g/mol. The summed E-state index contributed by atoms with van der Waals surface area (Å²) in [4.78, 5) is 34.5. The average Bonchev–Trinajstić information content (AvgIpc) is 3.01. The minimum absolute atomic E-state index is 0.143. The van der Waals surface area contributed by atoms with Crippen molar-refractivity contribution in [2.75, 3.05) is 0 Å². The number of carbonyl (C=O) groups is 2. The van der Waals surface area contributed by atoms with Gasteiger partial charge in [-0.3, -0.25) is 30.6 Å². The van der Waals surface area contributed by atoms with Crippen LogP contribution >= 0.6 is 0 Å². The predicted molar refractivity (Wildman–Crippen MR) is 81.6 cm³/mol. The summed E-state index contributed by atoms with van der Waals surface area (Å²) in [5, 5.41) is 10.6. The van der Waals surface area contributed by atoms with Gasteiger partial charge >= 0.3 is 11.8 Å². The van der Waals surface area contributed by atoms with Crippen molar-refractivity contribution in [2.24, 2.45) is 23.2 Å². The maximum atomic E-state index is 12.7. The molecule has 24 heavy (non-hydrogen) atoms. The second-order valence-electron chi connectivity index (χ2n) is 7.50. The van der Waals surface area contributed by atoms with Crippen LogP contribution in [0.15, 0.2) is 16.5 Å². The fourth-order valence-corrected chi connectivity index (χ4v) is 5.24. The van der Waals surface area contributed by atoms with Crippen molar-refractivity contribution in [3.63, 3.8) is 0 Å². The first kappa shape index (κ1) is 15.2. The Morgan fingerprint density at radius 1 is 1.08 bits per heavy atom. The summed E-state index contributed by atoms with van der Waals surface area (Å²) in [6.45, 7) is 0. The summed E-state index contributed by atoms with van der Waals surface area (Å²) in [5.41, 5.74) is 4.47. The zero-order chi connectivity index (χ0) is 16.9. The predicted octanol–water partition coefficient (Wildman–Crippen LogP) is 2.17. The summed E-state index contributed by atoms with van der Waals surface area (Å²) >= 11 is 0. The third kappa shape index (κ3) is 2.46. The van der Waals surface area contributed by atoms with Gasteiger partial charge in [0.2, 0.25) is 11.7 Å². The largest absolute Gasteiger partial charge is 0.433 e. The molecule has 2 amide bonds. The lowest BCUT2D eigenvalue weighted by Crippen LogP contribution is -2.56. The normalized spacial score (nSPS) is 33.2. The number of nitro groups is 1. The summed E-state index contributed by atoms with van der Waals surface area (Å²) in [6.07, 6.45) is 6.38. The van der Waals surface area contributed by atoms with Gasteiger partial charge in [-0.05, 0) is 62.3 Å². The number of nitrogens with zero attached hydrogens (tertiary/aromatic N) is 1. The van der Waals surface area contributed by atoms with E-state index in [0.29, 0.717) is 17.8 Å². The molecule has 8 heteroatoms. The molecule has 4 bridgehead atoms. The lowest BCUT2D eigenvalue weighted by molar-refractivity contribution is -0.402. The van der Waals surface area contributed by atoms with Crippen molar-refractivity contribution in [2.45, 2.75) is 38.5 Å². The van der Waals surface area contributed by atoms with E-state index in [4.69, 9.17) is 4.42 Å². The molecule has 0 saturated heterocycles. The molecule has 4 fully saturated rings. The minimum atomic E-state index is -0.717. The van der Waals surface area contributed by atoms with Crippen LogP contribution in [0.3, 0.4) is 0 Å². The SMILES string of the molecule is O=C(NNC(=O)C12CC3CC(CC(C3)C1)C2)c1ccc([N+](=O)[O-])o1. The smallest absolute Gasteiger partial charge is 0.395 e. The van der Waals surface area contributed by atoms with Crippen molar-refractivity contribution in [3.8, 4) is 0 Å². The number of hydrogen-bond acceptors (Lipinski definition) is 5.